The molecule has 8 aromatic rings. The van der Waals surface area contributed by atoms with E-state index in [1.54, 1.807) is 113 Å². The SMILES string of the molecule is CCn1nc(C)cc1C(=O)N=c1n(C)c2cc(C(N)=O)ccc2n1CCC(CCn1c(=NC(=O)c2cc(C)nn2CC)n(C)c2cc(C(N)=O)ccc21)OCC(=O)N(Cc1ccc(OC)cc1)Cc1ccccn1. The molecular formula is C53H60N14O7. The van der Waals surface area contributed by atoms with Crippen LogP contribution in [0.3, 0.4) is 0 Å². The number of nitrogens with zero attached hydrogens (tertiary/aromatic N) is 12. The van der Waals surface area contributed by atoms with E-state index >= 15 is 0 Å². The van der Waals surface area contributed by atoms with Gasteiger partial charge in [-0.25, -0.2) is 0 Å². The summed E-state index contributed by atoms with van der Waals surface area (Å²) in [7, 11) is 5.10. The zero-order chi connectivity index (χ0) is 52.8. The van der Waals surface area contributed by atoms with Crippen LogP contribution in [0.15, 0.2) is 107 Å². The third kappa shape index (κ3) is 11.2. The molecular weight excluding hydrogens is 945 g/mol. The standard InChI is InChI=1S/C53H60N14O7/c1-8-66-45(26-33(3)59-66)50(71)57-52-61(5)43-28-36(48(54)69)15-19-41(43)64(52)24-21-40(74-32-47(68)63(31-38-12-10-11-23-56-38)30-35-13-17-39(73-7)18-14-35)22-25-65-42-20-16-37(49(55)70)29-44(42)62(6)53(65)58-51(72)46-27-34(4)60-67(46)9-2/h10-20,23,26-29,40H,8-9,21-22,24-25,30-32H2,1-7H3,(H2,54,69)(H2,55,70). The number of fused-ring (bicyclic) bond motifs is 2. The van der Waals surface area contributed by atoms with Crippen LogP contribution in [0.2, 0.25) is 0 Å². The highest BCUT2D eigenvalue weighted by Gasteiger charge is 2.23. The smallest absolute Gasteiger partial charge is 0.298 e. The summed E-state index contributed by atoms with van der Waals surface area (Å²) in [6.07, 6.45) is 1.59. The lowest BCUT2D eigenvalue weighted by Gasteiger charge is -2.25. The Morgan fingerprint density at radius 2 is 1.18 bits per heavy atom. The summed E-state index contributed by atoms with van der Waals surface area (Å²) < 4.78 is 22.5. The maximum Gasteiger partial charge on any atom is 0.298 e. The molecule has 5 heterocycles. The third-order valence-electron chi connectivity index (χ3n) is 12.9. The number of carbonyl (C=O) groups is 5. The van der Waals surface area contributed by atoms with Crippen LogP contribution >= 0.6 is 0 Å². The number of benzene rings is 3. The van der Waals surface area contributed by atoms with Crippen molar-refractivity contribution in [2.75, 3.05) is 13.7 Å². The van der Waals surface area contributed by atoms with Crippen LogP contribution in [0.1, 0.15) is 91.0 Å². The van der Waals surface area contributed by atoms with Crippen molar-refractivity contribution in [2.45, 2.75) is 85.9 Å². The van der Waals surface area contributed by atoms with Crippen molar-refractivity contribution in [3.8, 4) is 5.75 Å². The van der Waals surface area contributed by atoms with Crippen LogP contribution in [0.4, 0.5) is 0 Å². The molecule has 0 radical (unpaired) electrons. The Morgan fingerprint density at radius 3 is 1.62 bits per heavy atom. The van der Waals surface area contributed by atoms with E-state index in [1.807, 2.05) is 65.4 Å². The fraction of sp³-hybridized carbons (Fsp3) is 0.321. The molecule has 5 aromatic heterocycles. The van der Waals surface area contributed by atoms with Crippen LogP contribution < -0.4 is 27.4 Å². The van der Waals surface area contributed by atoms with Crippen molar-refractivity contribution >= 4 is 51.6 Å². The molecule has 21 nitrogen and oxygen atoms in total. The number of hydrogen-bond donors (Lipinski definition) is 2. The molecule has 8 rings (SSSR count). The normalized spacial score (nSPS) is 12.5. The predicted octanol–water partition coefficient (Wildman–Crippen LogP) is 4.50. The molecule has 0 aliphatic heterocycles. The van der Waals surface area contributed by atoms with Gasteiger partial charge >= 0.3 is 0 Å². The molecule has 0 aliphatic carbocycles. The van der Waals surface area contributed by atoms with Crippen LogP contribution in [0, 0.1) is 13.8 Å². The van der Waals surface area contributed by atoms with Crippen LogP contribution in [0.25, 0.3) is 22.1 Å². The molecule has 21 heteroatoms. The Labute approximate surface area is 426 Å². The van der Waals surface area contributed by atoms with Gasteiger partial charge in [0, 0.05) is 64.1 Å². The van der Waals surface area contributed by atoms with Crippen molar-refractivity contribution in [1.29, 1.82) is 0 Å². The van der Waals surface area contributed by atoms with Crippen molar-refractivity contribution < 1.29 is 33.4 Å². The van der Waals surface area contributed by atoms with Gasteiger partial charge in [-0.05, 0) is 119 Å². The number of amides is 5. The minimum atomic E-state index is -0.655. The molecule has 0 fully saturated rings. The highest BCUT2D eigenvalue weighted by atomic mass is 16.5. The fourth-order valence-corrected chi connectivity index (χ4v) is 9.07. The number of methoxy groups -OCH3 is 1. The summed E-state index contributed by atoms with van der Waals surface area (Å²) in [4.78, 5) is 82.9. The summed E-state index contributed by atoms with van der Waals surface area (Å²) in [5.41, 5.74) is 18.6. The number of carbonyl (C=O) groups excluding carboxylic acids is 5. The molecule has 0 saturated carbocycles. The molecule has 74 heavy (non-hydrogen) atoms. The summed E-state index contributed by atoms with van der Waals surface area (Å²) >= 11 is 0. The summed E-state index contributed by atoms with van der Waals surface area (Å²) in [6, 6.07) is 26.5. The van der Waals surface area contributed by atoms with Gasteiger partial charge in [-0.1, -0.05) is 18.2 Å². The zero-order valence-corrected chi connectivity index (χ0v) is 42.6. The third-order valence-corrected chi connectivity index (χ3v) is 12.9. The Kier molecular flexibility index (Phi) is 15.6. The van der Waals surface area contributed by atoms with Gasteiger partial charge in [0.25, 0.3) is 11.8 Å². The van der Waals surface area contributed by atoms with Crippen LogP contribution in [-0.2, 0) is 62.9 Å². The van der Waals surface area contributed by atoms with Gasteiger partial charge in [-0.2, -0.15) is 20.2 Å². The lowest BCUT2D eigenvalue weighted by Crippen LogP contribution is -2.35. The molecule has 3 aromatic carbocycles. The highest BCUT2D eigenvalue weighted by Crippen LogP contribution is 2.21. The molecule has 384 valence electrons. The summed E-state index contributed by atoms with van der Waals surface area (Å²) in [5.74, 6) is -1.87. The Balaban J connectivity index is 1.19. The zero-order valence-electron chi connectivity index (χ0n) is 42.6. The van der Waals surface area contributed by atoms with Gasteiger partial charge < -0.3 is 44.1 Å². The number of hydrogen-bond acceptors (Lipinski definition) is 10. The van der Waals surface area contributed by atoms with Gasteiger partial charge in [0.15, 0.2) is 0 Å². The van der Waals surface area contributed by atoms with E-state index in [-0.39, 0.29) is 62.7 Å². The maximum atomic E-state index is 14.5. The molecule has 4 N–H and O–H groups in total. The van der Waals surface area contributed by atoms with Crippen LogP contribution in [-0.4, -0.2) is 97.1 Å². The first-order valence-electron chi connectivity index (χ1n) is 24.2. The maximum absolute atomic E-state index is 14.5. The summed E-state index contributed by atoms with van der Waals surface area (Å²) in [5, 5.41) is 8.91. The molecule has 0 bridgehead atoms. The second-order valence-corrected chi connectivity index (χ2v) is 17.9. The van der Waals surface area contributed by atoms with Crippen molar-refractivity contribution in [2.24, 2.45) is 35.5 Å². The van der Waals surface area contributed by atoms with E-state index in [1.165, 1.54) is 0 Å². The number of nitrogens with two attached hydrogens (primary N) is 2. The topological polar surface area (TPSA) is 252 Å². The van der Waals surface area contributed by atoms with Crippen molar-refractivity contribution in [1.82, 2.24) is 47.7 Å². The second-order valence-electron chi connectivity index (χ2n) is 17.9. The van der Waals surface area contributed by atoms with Gasteiger partial charge in [-0.15, -0.1) is 0 Å². The average molecular weight is 1010 g/mol. The highest BCUT2D eigenvalue weighted by molar-refractivity contribution is 5.98. The lowest BCUT2D eigenvalue weighted by atomic mass is 10.1. The van der Waals surface area contributed by atoms with Gasteiger partial charge in [0.05, 0.1) is 58.9 Å². The monoisotopic (exact) mass is 1000 g/mol. The van der Waals surface area contributed by atoms with E-state index in [0.717, 1.165) is 5.56 Å². The molecule has 0 atom stereocenters. The summed E-state index contributed by atoms with van der Waals surface area (Å²) in [6.45, 7) is 8.90. The minimum absolute atomic E-state index is 0.211. The van der Waals surface area contributed by atoms with Crippen molar-refractivity contribution in [3.63, 3.8) is 0 Å². The molecule has 0 spiro atoms. The largest absolute Gasteiger partial charge is 0.497 e. The number of imidazole rings is 2. The van der Waals surface area contributed by atoms with Gasteiger partial charge in [-0.3, -0.25) is 38.3 Å². The number of primary amides is 2. The molecule has 0 unspecified atom stereocenters. The van der Waals surface area contributed by atoms with Gasteiger partial charge in [0.1, 0.15) is 23.7 Å². The number of rotatable bonds is 20. The van der Waals surface area contributed by atoms with Gasteiger partial charge in [0.2, 0.25) is 29.0 Å². The molecule has 5 amide bonds. The lowest BCUT2D eigenvalue weighted by molar-refractivity contribution is -0.140. The number of aryl methyl sites for hydroxylation is 8. The van der Waals surface area contributed by atoms with E-state index in [4.69, 9.17) is 20.9 Å². The Morgan fingerprint density at radius 1 is 0.662 bits per heavy atom. The first-order valence-corrected chi connectivity index (χ1v) is 24.2. The first-order chi connectivity index (χ1) is 35.6. The predicted molar refractivity (Wildman–Crippen MR) is 274 cm³/mol. The quantitative estimate of drug-likeness (QED) is 0.108. The fourth-order valence-electron chi connectivity index (χ4n) is 9.07. The Bertz CT molecular complexity index is 3380. The molecule has 0 aliphatic rings. The average Bonchev–Trinajstić information content (AvgIpc) is 4.13. The number of ether oxygens (including phenoxy) is 2. The van der Waals surface area contributed by atoms with E-state index in [0.29, 0.717) is 80.6 Å². The van der Waals surface area contributed by atoms with E-state index in [9.17, 15) is 24.0 Å². The minimum Gasteiger partial charge on any atom is -0.497 e. The van der Waals surface area contributed by atoms with Crippen molar-refractivity contribution in [3.05, 3.63) is 154 Å². The van der Waals surface area contributed by atoms with E-state index in [2.05, 4.69) is 25.2 Å². The number of pyridine rings is 1. The Hall–Kier alpha value is -8.72. The first kappa shape index (κ1) is 51.6. The van der Waals surface area contributed by atoms with E-state index < -0.39 is 29.7 Å². The number of aromatic nitrogens is 9. The van der Waals surface area contributed by atoms with Crippen LogP contribution in [0.5, 0.6) is 5.75 Å². The second kappa shape index (κ2) is 22.4. The molecule has 0 saturated heterocycles.